The van der Waals surface area contributed by atoms with E-state index in [0.29, 0.717) is 12.5 Å². The number of nitrogens with one attached hydrogen (secondary N) is 1. The lowest BCUT2D eigenvalue weighted by molar-refractivity contribution is -0.384. The maximum atomic E-state index is 10.7. The molecule has 0 spiro atoms. The van der Waals surface area contributed by atoms with Crippen LogP contribution in [-0.2, 0) is 19.4 Å². The number of aryl methyl sites for hydroxylation is 2. The fraction of sp³-hybridized carbons (Fsp3) is 0.278. The van der Waals surface area contributed by atoms with Crippen LogP contribution in [0.3, 0.4) is 0 Å². The second-order valence-electron chi connectivity index (χ2n) is 5.41. The number of non-ortho nitro benzene ring substituents is 1. The molecule has 3 N–H and O–H groups in total. The molecule has 7 heteroatoms. The van der Waals surface area contributed by atoms with E-state index in [1.165, 1.54) is 23.3 Å². The van der Waals surface area contributed by atoms with Crippen LogP contribution < -0.4 is 11.1 Å². The SMILES string of the molecule is CCc1cccc(CC)c1NC(N)=NCc1ccc([N+](=O)[O-])cc1.I. The molecule has 2 aromatic carbocycles. The maximum absolute atomic E-state index is 10.7. The minimum atomic E-state index is -0.420. The fourth-order valence-electron chi connectivity index (χ4n) is 2.47. The highest BCUT2D eigenvalue weighted by Crippen LogP contribution is 2.22. The van der Waals surface area contributed by atoms with Crippen LogP contribution in [0.1, 0.15) is 30.5 Å². The summed E-state index contributed by atoms with van der Waals surface area (Å²) in [4.78, 5) is 14.6. The number of hydrogen-bond acceptors (Lipinski definition) is 3. The Balaban J connectivity index is 0.00000312. The Kier molecular flexibility index (Phi) is 8.33. The number of guanidine groups is 1. The van der Waals surface area contributed by atoms with E-state index in [1.54, 1.807) is 12.1 Å². The first-order valence-corrected chi connectivity index (χ1v) is 7.96. The molecular weight excluding hydrogens is 431 g/mol. The van der Waals surface area contributed by atoms with Crippen molar-refractivity contribution in [2.75, 3.05) is 5.32 Å². The number of aliphatic imine (C=N–C) groups is 1. The van der Waals surface area contributed by atoms with Gasteiger partial charge in [0, 0.05) is 17.8 Å². The third-order valence-corrected chi connectivity index (χ3v) is 3.83. The highest BCUT2D eigenvalue weighted by molar-refractivity contribution is 14.0. The van der Waals surface area contributed by atoms with Crippen LogP contribution >= 0.6 is 24.0 Å². The number of nitrogens with two attached hydrogens (primary N) is 1. The number of para-hydroxylation sites is 1. The molecule has 0 aromatic heterocycles. The molecule has 2 rings (SSSR count). The van der Waals surface area contributed by atoms with E-state index in [9.17, 15) is 10.1 Å². The van der Waals surface area contributed by atoms with Crippen molar-refractivity contribution >= 4 is 41.3 Å². The number of nitro groups is 1. The van der Waals surface area contributed by atoms with Crippen molar-refractivity contribution in [3.05, 3.63) is 69.3 Å². The summed E-state index contributed by atoms with van der Waals surface area (Å²) in [6, 6.07) is 12.5. The number of halogens is 1. The van der Waals surface area contributed by atoms with Crippen molar-refractivity contribution in [3.63, 3.8) is 0 Å². The molecule has 0 aliphatic rings. The van der Waals surface area contributed by atoms with Crippen LogP contribution in [0, 0.1) is 10.1 Å². The van der Waals surface area contributed by atoms with Crippen molar-refractivity contribution in [1.29, 1.82) is 0 Å². The van der Waals surface area contributed by atoms with Gasteiger partial charge in [-0.25, -0.2) is 4.99 Å². The quantitative estimate of drug-likeness (QED) is 0.224. The van der Waals surface area contributed by atoms with Crippen molar-refractivity contribution in [2.45, 2.75) is 33.2 Å². The molecule has 0 saturated carbocycles. The molecule has 134 valence electrons. The Bertz CT molecular complexity index is 723. The molecule has 0 amide bonds. The Hall–Kier alpha value is -2.16. The van der Waals surface area contributed by atoms with Crippen molar-refractivity contribution < 1.29 is 4.92 Å². The Morgan fingerprint density at radius 1 is 1.12 bits per heavy atom. The van der Waals surface area contributed by atoms with E-state index in [1.807, 2.05) is 6.07 Å². The molecule has 0 atom stereocenters. The molecule has 0 radical (unpaired) electrons. The first-order valence-electron chi connectivity index (χ1n) is 7.96. The van der Waals surface area contributed by atoms with E-state index in [2.05, 4.69) is 36.3 Å². The third kappa shape index (κ3) is 5.70. The number of hydrogen-bond donors (Lipinski definition) is 2. The van der Waals surface area contributed by atoms with Gasteiger partial charge in [0.15, 0.2) is 5.96 Å². The number of nitrogens with zero attached hydrogens (tertiary/aromatic N) is 2. The van der Waals surface area contributed by atoms with Gasteiger partial charge >= 0.3 is 0 Å². The predicted octanol–water partition coefficient (Wildman–Crippen LogP) is 4.26. The van der Waals surface area contributed by atoms with E-state index in [-0.39, 0.29) is 29.7 Å². The van der Waals surface area contributed by atoms with E-state index >= 15 is 0 Å². The van der Waals surface area contributed by atoms with Gasteiger partial charge in [-0.15, -0.1) is 24.0 Å². The molecule has 25 heavy (non-hydrogen) atoms. The maximum Gasteiger partial charge on any atom is 0.269 e. The van der Waals surface area contributed by atoms with E-state index < -0.39 is 4.92 Å². The monoisotopic (exact) mass is 454 g/mol. The van der Waals surface area contributed by atoms with Crippen LogP contribution in [0.5, 0.6) is 0 Å². The number of benzene rings is 2. The molecule has 2 aromatic rings. The summed E-state index contributed by atoms with van der Waals surface area (Å²) in [5.41, 5.74) is 10.4. The van der Waals surface area contributed by atoms with Crippen LogP contribution in [-0.4, -0.2) is 10.9 Å². The summed E-state index contributed by atoms with van der Waals surface area (Å²) in [6.07, 6.45) is 1.82. The average Bonchev–Trinajstić information content (AvgIpc) is 2.60. The van der Waals surface area contributed by atoms with E-state index in [4.69, 9.17) is 5.73 Å². The Morgan fingerprint density at radius 3 is 2.16 bits per heavy atom. The highest BCUT2D eigenvalue weighted by Gasteiger charge is 2.07. The fourth-order valence-corrected chi connectivity index (χ4v) is 2.47. The van der Waals surface area contributed by atoms with Crippen LogP contribution in [0.25, 0.3) is 0 Å². The van der Waals surface area contributed by atoms with Crippen molar-refractivity contribution in [3.8, 4) is 0 Å². The lowest BCUT2D eigenvalue weighted by atomic mass is 10.0. The summed E-state index contributed by atoms with van der Waals surface area (Å²) in [5.74, 6) is 0.337. The summed E-state index contributed by atoms with van der Waals surface area (Å²) in [5, 5.41) is 13.9. The molecule has 0 bridgehead atoms. The molecule has 0 heterocycles. The number of nitro benzene ring substituents is 1. The first-order chi connectivity index (χ1) is 11.5. The zero-order valence-electron chi connectivity index (χ0n) is 14.4. The largest absolute Gasteiger partial charge is 0.370 e. The Morgan fingerprint density at radius 2 is 1.68 bits per heavy atom. The molecule has 6 nitrogen and oxygen atoms in total. The van der Waals surface area contributed by atoms with Crippen molar-refractivity contribution in [1.82, 2.24) is 0 Å². The minimum Gasteiger partial charge on any atom is -0.370 e. The van der Waals surface area contributed by atoms with Gasteiger partial charge in [0.2, 0.25) is 0 Å². The molecule has 0 unspecified atom stereocenters. The summed E-state index contributed by atoms with van der Waals surface area (Å²) in [7, 11) is 0. The second kappa shape index (κ2) is 9.97. The molecule has 0 aliphatic carbocycles. The number of anilines is 1. The molecular formula is C18H23IN4O2. The summed E-state index contributed by atoms with van der Waals surface area (Å²) < 4.78 is 0. The van der Waals surface area contributed by atoms with Gasteiger partial charge in [-0.1, -0.05) is 44.2 Å². The smallest absolute Gasteiger partial charge is 0.269 e. The topological polar surface area (TPSA) is 93.5 Å². The zero-order valence-corrected chi connectivity index (χ0v) is 16.7. The molecule has 0 fully saturated rings. The van der Waals surface area contributed by atoms with Gasteiger partial charge in [-0.3, -0.25) is 10.1 Å². The molecule has 0 aliphatic heterocycles. The lowest BCUT2D eigenvalue weighted by Gasteiger charge is -2.14. The third-order valence-electron chi connectivity index (χ3n) is 3.83. The first kappa shape index (κ1) is 20.9. The van der Waals surface area contributed by atoms with Crippen LogP contribution in [0.15, 0.2) is 47.5 Å². The minimum absolute atomic E-state index is 0. The van der Waals surface area contributed by atoms with Gasteiger partial charge < -0.3 is 11.1 Å². The summed E-state index contributed by atoms with van der Waals surface area (Å²) >= 11 is 0. The number of rotatable bonds is 6. The van der Waals surface area contributed by atoms with Crippen LogP contribution in [0.2, 0.25) is 0 Å². The normalized spacial score (nSPS) is 10.9. The van der Waals surface area contributed by atoms with Crippen molar-refractivity contribution in [2.24, 2.45) is 10.7 Å². The lowest BCUT2D eigenvalue weighted by Crippen LogP contribution is -2.24. The standard InChI is InChI=1S/C18H22N4O2.HI/c1-3-14-6-5-7-15(4-2)17(14)21-18(19)20-12-13-8-10-16(11-9-13)22(23)24;/h5-11H,3-4,12H2,1-2H3,(H3,19,20,21);1H. The predicted molar refractivity (Wildman–Crippen MR) is 113 cm³/mol. The van der Waals surface area contributed by atoms with E-state index in [0.717, 1.165) is 24.1 Å². The van der Waals surface area contributed by atoms with Gasteiger partial charge in [0.1, 0.15) is 0 Å². The van der Waals surface area contributed by atoms with Gasteiger partial charge in [0.05, 0.1) is 11.5 Å². The second-order valence-corrected chi connectivity index (χ2v) is 5.41. The van der Waals surface area contributed by atoms with Gasteiger partial charge in [-0.2, -0.15) is 0 Å². The summed E-state index contributed by atoms with van der Waals surface area (Å²) in [6.45, 7) is 4.57. The molecule has 0 saturated heterocycles. The average molecular weight is 454 g/mol. The zero-order chi connectivity index (χ0) is 17.5. The van der Waals surface area contributed by atoms with Crippen LogP contribution in [0.4, 0.5) is 11.4 Å². The highest BCUT2D eigenvalue weighted by atomic mass is 127. The Labute approximate surface area is 164 Å². The van der Waals surface area contributed by atoms with Gasteiger partial charge in [0.25, 0.3) is 5.69 Å². The van der Waals surface area contributed by atoms with Gasteiger partial charge in [-0.05, 0) is 29.5 Å².